The monoisotopic (exact) mass is 252 g/mol. The summed E-state index contributed by atoms with van der Waals surface area (Å²) >= 11 is 11.3. The van der Waals surface area contributed by atoms with Crippen molar-refractivity contribution in [2.24, 2.45) is 0 Å². The van der Waals surface area contributed by atoms with E-state index in [1.54, 1.807) is 0 Å². The van der Waals surface area contributed by atoms with E-state index >= 15 is 0 Å². The zero-order valence-electron chi connectivity index (χ0n) is 7.64. The minimum absolute atomic E-state index is 0.0292. The Bertz CT molecular complexity index is 412. The molecule has 0 atom stereocenters. The van der Waals surface area contributed by atoms with E-state index in [1.807, 2.05) is 0 Å². The smallest absolute Gasteiger partial charge is 0.322 e. The molecule has 0 fully saturated rings. The fraction of sp³-hybridized carbons (Fsp3) is 0.250. The lowest BCUT2D eigenvalue weighted by molar-refractivity contribution is -0.134. The molecule has 4 nitrogen and oxygen atoms in total. The summed E-state index contributed by atoms with van der Waals surface area (Å²) in [6, 6.07) is 0. The number of pyridine rings is 1. The standard InChI is InChI=1S/C8H7Cl2FN2O2/c1-3-5(9)7(11)13-8(6(3)10)12-2-4(14)15/h2H2,1H3,(H,12,13)(H,14,15). The summed E-state index contributed by atoms with van der Waals surface area (Å²) in [5.41, 5.74) is 0.318. The van der Waals surface area contributed by atoms with E-state index in [-0.39, 0.29) is 15.9 Å². The molecular weight excluding hydrogens is 246 g/mol. The third-order valence-electron chi connectivity index (χ3n) is 1.66. The third-order valence-corrected chi connectivity index (χ3v) is 2.57. The number of aliphatic carboxylic acids is 1. The summed E-state index contributed by atoms with van der Waals surface area (Å²) < 4.78 is 13.1. The molecular formula is C8H7Cl2FN2O2. The van der Waals surface area contributed by atoms with Gasteiger partial charge in [0.2, 0.25) is 5.95 Å². The minimum Gasteiger partial charge on any atom is -0.480 e. The van der Waals surface area contributed by atoms with Crippen molar-refractivity contribution in [3.63, 3.8) is 0 Å². The van der Waals surface area contributed by atoms with E-state index < -0.39 is 18.5 Å². The molecule has 1 aromatic rings. The maximum atomic E-state index is 13.1. The van der Waals surface area contributed by atoms with Gasteiger partial charge >= 0.3 is 5.97 Å². The van der Waals surface area contributed by atoms with Crippen molar-refractivity contribution in [3.05, 3.63) is 21.6 Å². The van der Waals surface area contributed by atoms with Crippen molar-refractivity contribution in [2.45, 2.75) is 6.92 Å². The molecule has 0 bridgehead atoms. The SMILES string of the molecule is Cc1c(Cl)c(F)nc(NCC(=O)O)c1Cl. The summed E-state index contributed by atoms with van der Waals surface area (Å²) in [4.78, 5) is 13.7. The fourth-order valence-electron chi connectivity index (χ4n) is 0.901. The normalized spacial score (nSPS) is 10.1. The van der Waals surface area contributed by atoms with Crippen LogP contribution in [-0.4, -0.2) is 22.6 Å². The van der Waals surface area contributed by atoms with Crippen molar-refractivity contribution in [1.82, 2.24) is 4.98 Å². The summed E-state index contributed by atoms with van der Waals surface area (Å²) in [5, 5.41) is 10.7. The molecule has 0 saturated carbocycles. The second-order valence-electron chi connectivity index (χ2n) is 2.75. The highest BCUT2D eigenvalue weighted by atomic mass is 35.5. The topological polar surface area (TPSA) is 62.2 Å². The van der Waals surface area contributed by atoms with E-state index in [2.05, 4.69) is 10.3 Å². The molecule has 0 aliphatic carbocycles. The first kappa shape index (κ1) is 12.0. The predicted octanol–water partition coefficient (Wildman–Crippen LogP) is 2.33. The van der Waals surface area contributed by atoms with Gasteiger partial charge in [-0.05, 0) is 12.5 Å². The fourth-order valence-corrected chi connectivity index (χ4v) is 1.29. The number of nitrogens with one attached hydrogen (secondary N) is 1. The summed E-state index contributed by atoms with van der Waals surface area (Å²) in [6.07, 6.45) is 0. The van der Waals surface area contributed by atoms with Gasteiger partial charge in [-0.2, -0.15) is 9.37 Å². The summed E-state index contributed by atoms with van der Waals surface area (Å²) in [6.45, 7) is 1.12. The lowest BCUT2D eigenvalue weighted by atomic mass is 10.3. The highest BCUT2D eigenvalue weighted by Crippen LogP contribution is 2.30. The van der Waals surface area contributed by atoms with Gasteiger partial charge in [0.1, 0.15) is 17.4 Å². The van der Waals surface area contributed by atoms with Gasteiger partial charge in [-0.1, -0.05) is 23.2 Å². The number of rotatable bonds is 3. The number of hydrogen-bond acceptors (Lipinski definition) is 3. The van der Waals surface area contributed by atoms with Crippen LogP contribution in [-0.2, 0) is 4.79 Å². The Morgan fingerprint density at radius 3 is 2.67 bits per heavy atom. The Morgan fingerprint density at radius 2 is 2.13 bits per heavy atom. The zero-order chi connectivity index (χ0) is 11.6. The van der Waals surface area contributed by atoms with Crippen LogP contribution >= 0.6 is 23.2 Å². The van der Waals surface area contributed by atoms with Crippen LogP contribution in [0.2, 0.25) is 10.0 Å². The largest absolute Gasteiger partial charge is 0.480 e. The Labute approximate surface area is 95.0 Å². The van der Waals surface area contributed by atoms with Gasteiger partial charge in [0.25, 0.3) is 0 Å². The molecule has 1 heterocycles. The Morgan fingerprint density at radius 1 is 1.53 bits per heavy atom. The number of anilines is 1. The average Bonchev–Trinajstić information content (AvgIpc) is 2.18. The Kier molecular flexibility index (Phi) is 3.71. The van der Waals surface area contributed by atoms with Crippen LogP contribution in [0.15, 0.2) is 0 Å². The maximum Gasteiger partial charge on any atom is 0.322 e. The average molecular weight is 253 g/mol. The molecule has 0 aliphatic heterocycles. The van der Waals surface area contributed by atoms with E-state index in [9.17, 15) is 9.18 Å². The van der Waals surface area contributed by atoms with Crippen molar-refractivity contribution in [2.75, 3.05) is 11.9 Å². The van der Waals surface area contributed by atoms with Gasteiger partial charge in [-0.3, -0.25) is 4.79 Å². The number of aromatic nitrogens is 1. The third kappa shape index (κ3) is 2.70. The van der Waals surface area contributed by atoms with Crippen molar-refractivity contribution < 1.29 is 14.3 Å². The van der Waals surface area contributed by atoms with Crippen LogP contribution < -0.4 is 5.32 Å². The molecule has 7 heteroatoms. The van der Waals surface area contributed by atoms with Gasteiger partial charge in [0.15, 0.2) is 0 Å². The van der Waals surface area contributed by atoms with Crippen LogP contribution in [0, 0.1) is 12.9 Å². The molecule has 0 aromatic carbocycles. The second kappa shape index (κ2) is 4.63. The van der Waals surface area contributed by atoms with Gasteiger partial charge in [-0.15, -0.1) is 0 Å². The Hall–Kier alpha value is -1.07. The molecule has 0 saturated heterocycles. The van der Waals surface area contributed by atoms with Crippen molar-refractivity contribution in [3.8, 4) is 0 Å². The number of carboxylic acids is 1. The van der Waals surface area contributed by atoms with E-state index in [0.717, 1.165) is 0 Å². The van der Waals surface area contributed by atoms with Crippen LogP contribution in [0.1, 0.15) is 5.56 Å². The van der Waals surface area contributed by atoms with Crippen molar-refractivity contribution >= 4 is 35.0 Å². The van der Waals surface area contributed by atoms with Crippen LogP contribution in [0.3, 0.4) is 0 Å². The van der Waals surface area contributed by atoms with Gasteiger partial charge in [-0.25, -0.2) is 0 Å². The van der Waals surface area contributed by atoms with E-state index in [4.69, 9.17) is 28.3 Å². The maximum absolute atomic E-state index is 13.1. The lowest BCUT2D eigenvalue weighted by Gasteiger charge is -2.08. The van der Waals surface area contributed by atoms with Gasteiger partial charge in [0.05, 0.1) is 5.02 Å². The summed E-state index contributed by atoms with van der Waals surface area (Å²) in [5.74, 6) is -2.01. The molecule has 0 spiro atoms. The molecule has 0 amide bonds. The van der Waals surface area contributed by atoms with E-state index in [0.29, 0.717) is 5.56 Å². The minimum atomic E-state index is -1.10. The summed E-state index contributed by atoms with van der Waals surface area (Å²) in [7, 11) is 0. The molecule has 0 unspecified atom stereocenters. The first-order valence-corrected chi connectivity index (χ1v) is 4.65. The lowest BCUT2D eigenvalue weighted by Crippen LogP contribution is -2.14. The highest BCUT2D eigenvalue weighted by molar-refractivity contribution is 6.37. The quantitative estimate of drug-likeness (QED) is 0.811. The number of halogens is 3. The van der Waals surface area contributed by atoms with Crippen LogP contribution in [0.4, 0.5) is 10.2 Å². The zero-order valence-corrected chi connectivity index (χ0v) is 9.16. The highest BCUT2D eigenvalue weighted by Gasteiger charge is 2.14. The first-order valence-electron chi connectivity index (χ1n) is 3.90. The van der Waals surface area contributed by atoms with Gasteiger partial charge < -0.3 is 10.4 Å². The molecule has 15 heavy (non-hydrogen) atoms. The molecule has 1 rings (SSSR count). The molecule has 0 radical (unpaired) electrons. The van der Waals surface area contributed by atoms with Crippen molar-refractivity contribution in [1.29, 1.82) is 0 Å². The number of hydrogen-bond donors (Lipinski definition) is 2. The van der Waals surface area contributed by atoms with E-state index in [1.165, 1.54) is 6.92 Å². The van der Waals surface area contributed by atoms with Crippen LogP contribution in [0.25, 0.3) is 0 Å². The molecule has 1 aromatic heterocycles. The number of carboxylic acid groups (broad SMARTS) is 1. The second-order valence-corrected chi connectivity index (χ2v) is 3.51. The molecule has 82 valence electrons. The van der Waals surface area contributed by atoms with Gasteiger partial charge in [0, 0.05) is 0 Å². The Balaban J connectivity index is 3.04. The first-order chi connectivity index (χ1) is 6.93. The number of carbonyl (C=O) groups is 1. The predicted molar refractivity (Wildman–Crippen MR) is 55.1 cm³/mol. The molecule has 0 aliphatic rings. The number of nitrogens with zero attached hydrogens (tertiary/aromatic N) is 1. The molecule has 2 N–H and O–H groups in total. The van der Waals surface area contributed by atoms with Crippen LogP contribution in [0.5, 0.6) is 0 Å².